The summed E-state index contributed by atoms with van der Waals surface area (Å²) in [5, 5.41) is 3.38. The summed E-state index contributed by atoms with van der Waals surface area (Å²) in [6, 6.07) is 10.3. The van der Waals surface area contributed by atoms with E-state index in [-0.39, 0.29) is 12.0 Å². The monoisotopic (exact) mass is 233 g/mol. The molecule has 17 heavy (non-hydrogen) atoms. The number of rotatable bonds is 5. The van der Waals surface area contributed by atoms with Crippen LogP contribution in [0.2, 0.25) is 0 Å². The number of ether oxygens (including phenoxy) is 1. The number of hydrogen-bond acceptors (Lipinski definition) is 3. The Bertz CT molecular complexity index is 360. The topological polar surface area (TPSA) is 38.3 Å². The van der Waals surface area contributed by atoms with Gasteiger partial charge in [0, 0.05) is 6.04 Å². The molecule has 92 valence electrons. The molecule has 3 nitrogen and oxygen atoms in total. The van der Waals surface area contributed by atoms with E-state index in [0.717, 1.165) is 5.56 Å². The molecule has 3 heteroatoms. The molecular weight excluding hydrogens is 214 g/mol. The van der Waals surface area contributed by atoms with Gasteiger partial charge in [-0.05, 0) is 24.8 Å². The molecule has 0 spiro atoms. The van der Waals surface area contributed by atoms with Crippen LogP contribution in [0.15, 0.2) is 30.3 Å². The van der Waals surface area contributed by atoms with Gasteiger partial charge in [-0.15, -0.1) is 0 Å². The summed E-state index contributed by atoms with van der Waals surface area (Å²) in [6.07, 6.45) is 4.30. The lowest BCUT2D eigenvalue weighted by Gasteiger charge is -2.30. The fourth-order valence-corrected chi connectivity index (χ4v) is 2.06. The van der Waals surface area contributed by atoms with E-state index in [9.17, 15) is 4.79 Å². The van der Waals surface area contributed by atoms with E-state index < -0.39 is 0 Å². The van der Waals surface area contributed by atoms with Gasteiger partial charge in [-0.1, -0.05) is 36.8 Å². The summed E-state index contributed by atoms with van der Waals surface area (Å²) in [6.45, 7) is 0. The van der Waals surface area contributed by atoms with Crippen LogP contribution in [0.25, 0.3) is 0 Å². The maximum Gasteiger partial charge on any atom is 0.323 e. The smallest absolute Gasteiger partial charge is 0.323 e. The summed E-state index contributed by atoms with van der Waals surface area (Å²) < 4.78 is 4.85. The Morgan fingerprint density at radius 3 is 2.65 bits per heavy atom. The predicted octanol–water partition coefficient (Wildman–Crippen LogP) is 1.91. The molecule has 0 heterocycles. The lowest BCUT2D eigenvalue weighted by Crippen LogP contribution is -2.48. The number of carbonyl (C=O) groups excluding carboxylic acids is 1. The normalized spacial score (nSPS) is 17.2. The van der Waals surface area contributed by atoms with Crippen molar-refractivity contribution in [1.82, 2.24) is 5.32 Å². The highest BCUT2D eigenvalue weighted by Gasteiger charge is 2.26. The van der Waals surface area contributed by atoms with E-state index in [4.69, 9.17) is 4.74 Å². The van der Waals surface area contributed by atoms with Gasteiger partial charge in [0.1, 0.15) is 6.04 Å². The van der Waals surface area contributed by atoms with Crippen LogP contribution >= 0.6 is 0 Å². The van der Waals surface area contributed by atoms with E-state index >= 15 is 0 Å². The lowest BCUT2D eigenvalue weighted by molar-refractivity contribution is -0.143. The van der Waals surface area contributed by atoms with E-state index in [1.165, 1.54) is 26.4 Å². The molecule has 1 aliphatic rings. The summed E-state index contributed by atoms with van der Waals surface area (Å²) in [4.78, 5) is 11.7. The number of benzene rings is 1. The summed E-state index contributed by atoms with van der Waals surface area (Å²) >= 11 is 0. The van der Waals surface area contributed by atoms with Crippen molar-refractivity contribution in [2.24, 2.45) is 0 Å². The van der Waals surface area contributed by atoms with E-state index in [0.29, 0.717) is 12.5 Å². The number of esters is 1. The van der Waals surface area contributed by atoms with Gasteiger partial charge in [-0.2, -0.15) is 0 Å². The minimum atomic E-state index is -0.215. The van der Waals surface area contributed by atoms with Crippen molar-refractivity contribution in [3.63, 3.8) is 0 Å². The molecular formula is C14H19NO2. The van der Waals surface area contributed by atoms with Crippen LogP contribution in [0.4, 0.5) is 0 Å². The maximum atomic E-state index is 11.7. The fourth-order valence-electron chi connectivity index (χ4n) is 2.06. The van der Waals surface area contributed by atoms with Crippen molar-refractivity contribution < 1.29 is 9.53 Å². The van der Waals surface area contributed by atoms with Crippen molar-refractivity contribution in [3.8, 4) is 0 Å². The molecule has 1 aromatic carbocycles. The highest BCUT2D eigenvalue weighted by molar-refractivity contribution is 5.76. The van der Waals surface area contributed by atoms with E-state index in [2.05, 4.69) is 5.32 Å². The predicted molar refractivity (Wildman–Crippen MR) is 66.7 cm³/mol. The van der Waals surface area contributed by atoms with Crippen molar-refractivity contribution in [2.45, 2.75) is 37.8 Å². The summed E-state index contributed by atoms with van der Waals surface area (Å²) in [5.41, 5.74) is 1.16. The Morgan fingerprint density at radius 2 is 2.12 bits per heavy atom. The Hall–Kier alpha value is -1.35. The van der Waals surface area contributed by atoms with Gasteiger partial charge in [-0.3, -0.25) is 4.79 Å². The van der Waals surface area contributed by atoms with Gasteiger partial charge in [0.25, 0.3) is 0 Å². The van der Waals surface area contributed by atoms with E-state index in [1.54, 1.807) is 0 Å². The first-order valence-corrected chi connectivity index (χ1v) is 6.17. The first-order valence-electron chi connectivity index (χ1n) is 6.17. The maximum absolute atomic E-state index is 11.7. The SMILES string of the molecule is COC(=O)[C@H](Cc1ccccc1)NC1CCC1. The van der Waals surface area contributed by atoms with Crippen molar-refractivity contribution in [3.05, 3.63) is 35.9 Å². The van der Waals surface area contributed by atoms with Crippen LogP contribution in [0.5, 0.6) is 0 Å². The van der Waals surface area contributed by atoms with Crippen LogP contribution in [-0.2, 0) is 16.0 Å². The standard InChI is InChI=1S/C14H19NO2/c1-17-14(16)13(15-12-8-5-9-12)10-11-6-3-2-4-7-11/h2-4,6-7,12-13,15H,5,8-10H2,1H3/t13-/m0/s1. The quantitative estimate of drug-likeness (QED) is 0.790. The van der Waals surface area contributed by atoms with Crippen LogP contribution < -0.4 is 5.32 Å². The van der Waals surface area contributed by atoms with Gasteiger partial charge in [0.05, 0.1) is 7.11 Å². The highest BCUT2D eigenvalue weighted by atomic mass is 16.5. The molecule has 0 saturated heterocycles. The fraction of sp³-hybridized carbons (Fsp3) is 0.500. The zero-order chi connectivity index (χ0) is 12.1. The minimum Gasteiger partial charge on any atom is -0.468 e. The average Bonchev–Trinajstić information content (AvgIpc) is 2.32. The van der Waals surface area contributed by atoms with Crippen LogP contribution in [0.3, 0.4) is 0 Å². The van der Waals surface area contributed by atoms with Crippen LogP contribution in [-0.4, -0.2) is 25.2 Å². The first-order chi connectivity index (χ1) is 8.29. The molecule has 1 aliphatic carbocycles. The molecule has 0 amide bonds. The molecule has 1 atom stereocenters. The van der Waals surface area contributed by atoms with E-state index in [1.807, 2.05) is 30.3 Å². The highest BCUT2D eigenvalue weighted by Crippen LogP contribution is 2.19. The van der Waals surface area contributed by atoms with Gasteiger partial charge >= 0.3 is 5.97 Å². The van der Waals surface area contributed by atoms with Gasteiger partial charge < -0.3 is 10.1 Å². The van der Waals surface area contributed by atoms with Gasteiger partial charge in [-0.25, -0.2) is 0 Å². The molecule has 0 bridgehead atoms. The van der Waals surface area contributed by atoms with Crippen LogP contribution in [0.1, 0.15) is 24.8 Å². The second-order valence-electron chi connectivity index (χ2n) is 4.56. The van der Waals surface area contributed by atoms with Crippen molar-refractivity contribution >= 4 is 5.97 Å². The second-order valence-corrected chi connectivity index (χ2v) is 4.56. The summed E-state index contributed by atoms with van der Waals surface area (Å²) in [7, 11) is 1.45. The van der Waals surface area contributed by atoms with Gasteiger partial charge in [0.2, 0.25) is 0 Å². The molecule has 2 rings (SSSR count). The third kappa shape index (κ3) is 3.30. The van der Waals surface area contributed by atoms with Crippen molar-refractivity contribution in [2.75, 3.05) is 7.11 Å². The molecule has 1 N–H and O–H groups in total. The largest absolute Gasteiger partial charge is 0.468 e. The Labute approximate surface area is 102 Å². The molecule has 0 unspecified atom stereocenters. The molecule has 0 aliphatic heterocycles. The first kappa shape index (κ1) is 12.1. The Balaban J connectivity index is 1.97. The van der Waals surface area contributed by atoms with Crippen LogP contribution in [0, 0.1) is 0 Å². The molecule has 0 aromatic heterocycles. The molecule has 1 aromatic rings. The summed E-state index contributed by atoms with van der Waals surface area (Å²) in [5.74, 6) is -0.166. The number of carbonyl (C=O) groups is 1. The molecule has 1 fully saturated rings. The van der Waals surface area contributed by atoms with Crippen molar-refractivity contribution in [1.29, 1.82) is 0 Å². The second kappa shape index (κ2) is 5.82. The third-order valence-electron chi connectivity index (χ3n) is 3.31. The number of nitrogens with one attached hydrogen (secondary N) is 1. The zero-order valence-corrected chi connectivity index (χ0v) is 10.2. The Morgan fingerprint density at radius 1 is 1.41 bits per heavy atom. The lowest BCUT2D eigenvalue weighted by atomic mass is 9.91. The Kier molecular flexibility index (Phi) is 4.15. The van der Waals surface area contributed by atoms with Gasteiger partial charge in [0.15, 0.2) is 0 Å². The molecule has 1 saturated carbocycles. The molecule has 0 radical (unpaired) electrons. The third-order valence-corrected chi connectivity index (χ3v) is 3.31. The minimum absolute atomic E-state index is 0.166. The zero-order valence-electron chi connectivity index (χ0n) is 10.2. The average molecular weight is 233 g/mol. The number of methoxy groups -OCH3 is 1. The number of hydrogen-bond donors (Lipinski definition) is 1.